The van der Waals surface area contributed by atoms with E-state index >= 15 is 0 Å². The van der Waals surface area contributed by atoms with Crippen molar-refractivity contribution in [2.45, 2.75) is 25.3 Å². The van der Waals surface area contributed by atoms with Crippen molar-refractivity contribution in [2.75, 3.05) is 5.32 Å². The van der Waals surface area contributed by atoms with E-state index in [1.807, 2.05) is 11.3 Å². The summed E-state index contributed by atoms with van der Waals surface area (Å²) in [6.45, 7) is 0. The maximum Gasteiger partial charge on any atom is 0.0660 e. The fourth-order valence-electron chi connectivity index (χ4n) is 2.44. The van der Waals surface area contributed by atoms with Gasteiger partial charge >= 0.3 is 0 Å². The van der Waals surface area contributed by atoms with Gasteiger partial charge in [0.1, 0.15) is 0 Å². The fourth-order valence-corrected chi connectivity index (χ4v) is 5.10. The molecule has 0 saturated heterocycles. The first-order valence-electron chi connectivity index (χ1n) is 6.03. The third-order valence-electron chi connectivity index (χ3n) is 3.29. The van der Waals surface area contributed by atoms with E-state index in [1.54, 1.807) is 4.88 Å². The van der Waals surface area contributed by atoms with Crippen molar-refractivity contribution in [3.8, 4) is 0 Å². The van der Waals surface area contributed by atoms with Crippen LogP contribution >= 0.6 is 56.5 Å². The van der Waals surface area contributed by atoms with Crippen molar-refractivity contribution < 1.29 is 0 Å². The van der Waals surface area contributed by atoms with Crippen molar-refractivity contribution in [3.05, 3.63) is 47.2 Å². The Morgan fingerprint density at radius 3 is 2.89 bits per heavy atom. The van der Waals surface area contributed by atoms with E-state index in [0.29, 0.717) is 6.04 Å². The van der Waals surface area contributed by atoms with Crippen LogP contribution in [0.25, 0.3) is 0 Å². The highest BCUT2D eigenvalue weighted by Gasteiger charge is 2.22. The lowest BCUT2D eigenvalue weighted by Gasteiger charge is -2.25. The highest BCUT2D eigenvalue weighted by Crippen LogP contribution is 2.38. The topological polar surface area (TPSA) is 12.0 Å². The number of aryl methyl sites for hydroxylation is 1. The number of hydrogen-bond donors (Lipinski definition) is 1. The summed E-state index contributed by atoms with van der Waals surface area (Å²) in [4.78, 5) is 1.58. The molecule has 0 fully saturated rings. The van der Waals surface area contributed by atoms with Gasteiger partial charge in [0.25, 0.3) is 0 Å². The fraction of sp³-hybridized carbons (Fsp3) is 0.286. The molecule has 1 aliphatic rings. The molecule has 1 aromatic heterocycles. The zero-order chi connectivity index (χ0) is 12.5. The summed E-state index contributed by atoms with van der Waals surface area (Å²) < 4.78 is 2.71. The van der Waals surface area contributed by atoms with Gasteiger partial charge in [-0.2, -0.15) is 0 Å². The van der Waals surface area contributed by atoms with Crippen LogP contribution in [0, 0.1) is 6.45 Å². The first-order chi connectivity index (χ1) is 8.74. The van der Waals surface area contributed by atoms with Crippen molar-refractivity contribution in [1.29, 1.82) is 0 Å². The molecule has 1 aromatic carbocycles. The minimum absolute atomic E-state index is 0.490. The Morgan fingerprint density at radius 1 is 1.22 bits per heavy atom. The lowest BCUT2D eigenvalue weighted by Crippen LogP contribution is -2.16. The van der Waals surface area contributed by atoms with Gasteiger partial charge in [-0.1, -0.05) is 12.1 Å². The Labute approximate surface area is 139 Å². The maximum atomic E-state index is 3.71. The van der Waals surface area contributed by atoms with Crippen LogP contribution in [-0.4, -0.2) is 0 Å². The first-order valence-corrected chi connectivity index (χ1v) is 9.00. The monoisotopic (exact) mass is 481 g/mol. The van der Waals surface area contributed by atoms with E-state index in [-0.39, 0.29) is 0 Å². The SMILES string of the molecule is Ic1cc2c(s1)CCCC2Nc1ccccc1I. The highest BCUT2D eigenvalue weighted by atomic mass is 127. The van der Waals surface area contributed by atoms with Crippen molar-refractivity contribution in [3.63, 3.8) is 0 Å². The molecule has 4 heteroatoms. The van der Waals surface area contributed by atoms with Gasteiger partial charge in [-0.15, -0.1) is 11.3 Å². The van der Waals surface area contributed by atoms with Crippen molar-refractivity contribution in [1.82, 2.24) is 0 Å². The summed E-state index contributed by atoms with van der Waals surface area (Å²) in [5.74, 6) is 0. The predicted molar refractivity (Wildman–Crippen MR) is 95.5 cm³/mol. The number of nitrogens with one attached hydrogen (secondary N) is 1. The molecule has 0 spiro atoms. The quantitative estimate of drug-likeness (QED) is 0.564. The number of para-hydroxylation sites is 1. The summed E-state index contributed by atoms with van der Waals surface area (Å²) in [5.41, 5.74) is 2.78. The normalized spacial score (nSPS) is 18.4. The number of benzene rings is 1. The van der Waals surface area contributed by atoms with E-state index < -0.39 is 0 Å². The Hall–Kier alpha value is 0.180. The van der Waals surface area contributed by atoms with Crippen LogP contribution in [0.1, 0.15) is 29.3 Å². The zero-order valence-corrected chi connectivity index (χ0v) is 14.9. The second-order valence-electron chi connectivity index (χ2n) is 4.50. The lowest BCUT2D eigenvalue weighted by atomic mass is 9.94. The van der Waals surface area contributed by atoms with Crippen molar-refractivity contribution in [2.24, 2.45) is 0 Å². The Morgan fingerprint density at radius 2 is 2.06 bits per heavy atom. The second kappa shape index (κ2) is 5.66. The summed E-state index contributed by atoms with van der Waals surface area (Å²) in [7, 11) is 0. The Balaban J connectivity index is 1.88. The van der Waals surface area contributed by atoms with E-state index in [4.69, 9.17) is 0 Å². The van der Waals surface area contributed by atoms with Gasteiger partial charge in [0.15, 0.2) is 0 Å². The number of rotatable bonds is 2. The van der Waals surface area contributed by atoms with Crippen LogP contribution in [0.15, 0.2) is 30.3 Å². The summed E-state index contributed by atoms with van der Waals surface area (Å²) >= 11 is 6.79. The molecule has 1 nitrogen and oxygen atoms in total. The van der Waals surface area contributed by atoms with Gasteiger partial charge in [-0.3, -0.25) is 0 Å². The summed E-state index contributed by atoms with van der Waals surface area (Å²) in [6, 6.07) is 11.4. The van der Waals surface area contributed by atoms with E-state index in [2.05, 4.69) is 80.8 Å². The summed E-state index contributed by atoms with van der Waals surface area (Å²) in [6.07, 6.45) is 3.79. The molecule has 18 heavy (non-hydrogen) atoms. The molecule has 1 heterocycles. The van der Waals surface area contributed by atoms with E-state index in [9.17, 15) is 0 Å². The van der Waals surface area contributed by atoms with Crippen LogP contribution in [-0.2, 0) is 6.42 Å². The van der Waals surface area contributed by atoms with Crippen LogP contribution in [0.5, 0.6) is 0 Å². The molecule has 1 N–H and O–H groups in total. The first kappa shape index (κ1) is 13.2. The van der Waals surface area contributed by atoms with Gasteiger partial charge in [0.2, 0.25) is 0 Å². The summed E-state index contributed by atoms with van der Waals surface area (Å²) in [5, 5.41) is 3.71. The molecule has 0 bridgehead atoms. The smallest absolute Gasteiger partial charge is 0.0660 e. The van der Waals surface area contributed by atoms with Crippen LogP contribution in [0.2, 0.25) is 0 Å². The minimum atomic E-state index is 0.490. The second-order valence-corrected chi connectivity index (χ2v) is 8.69. The number of halogens is 2. The van der Waals surface area contributed by atoms with Crippen LogP contribution in [0.4, 0.5) is 5.69 Å². The third kappa shape index (κ3) is 2.70. The van der Waals surface area contributed by atoms with Crippen molar-refractivity contribution >= 4 is 62.2 Å². The van der Waals surface area contributed by atoms with Crippen LogP contribution in [0.3, 0.4) is 0 Å². The van der Waals surface area contributed by atoms with Gasteiger partial charge in [0, 0.05) is 14.1 Å². The molecule has 1 unspecified atom stereocenters. The average Bonchev–Trinajstić information content (AvgIpc) is 2.73. The lowest BCUT2D eigenvalue weighted by molar-refractivity contribution is 0.608. The number of thiophene rings is 1. The molecule has 0 amide bonds. The molecule has 1 aliphatic carbocycles. The molecule has 0 aliphatic heterocycles. The number of hydrogen-bond acceptors (Lipinski definition) is 2. The molecular formula is C14H13I2NS. The Bertz CT molecular complexity index is 565. The molecule has 94 valence electrons. The van der Waals surface area contributed by atoms with E-state index in [1.165, 1.54) is 37.0 Å². The highest BCUT2D eigenvalue weighted by molar-refractivity contribution is 14.1. The Kier molecular flexibility index (Phi) is 4.15. The average molecular weight is 481 g/mol. The van der Waals surface area contributed by atoms with Gasteiger partial charge in [-0.25, -0.2) is 0 Å². The number of fused-ring (bicyclic) bond motifs is 1. The largest absolute Gasteiger partial charge is 0.377 e. The molecular weight excluding hydrogens is 468 g/mol. The third-order valence-corrected chi connectivity index (χ3v) is 6.20. The van der Waals surface area contributed by atoms with Gasteiger partial charge < -0.3 is 5.32 Å². The van der Waals surface area contributed by atoms with Gasteiger partial charge in [-0.05, 0) is 88.2 Å². The molecule has 0 saturated carbocycles. The predicted octanol–water partition coefficient (Wildman–Crippen LogP) is 5.45. The minimum Gasteiger partial charge on any atom is -0.377 e. The van der Waals surface area contributed by atoms with Crippen LogP contribution < -0.4 is 5.32 Å². The van der Waals surface area contributed by atoms with E-state index in [0.717, 1.165) is 0 Å². The molecule has 1 atom stereocenters. The standard InChI is InChI=1S/C14H13I2NS/c15-10-4-1-2-5-12(10)17-11-6-3-7-13-9(11)8-14(16)18-13/h1-2,4-5,8,11,17H,3,6-7H2. The molecule has 0 radical (unpaired) electrons. The zero-order valence-electron chi connectivity index (χ0n) is 9.75. The molecule has 2 aromatic rings. The van der Waals surface area contributed by atoms with Gasteiger partial charge in [0.05, 0.1) is 8.93 Å². The maximum absolute atomic E-state index is 3.71. The number of anilines is 1. The molecule has 3 rings (SSSR count).